The lowest BCUT2D eigenvalue weighted by Gasteiger charge is -2.10. The molecule has 0 amide bonds. The molecule has 0 spiro atoms. The molecule has 0 aliphatic carbocycles. The van der Waals surface area contributed by atoms with Crippen LogP contribution in [0.15, 0.2) is 57.7 Å². The van der Waals surface area contributed by atoms with E-state index in [0.717, 1.165) is 22.2 Å². The third kappa shape index (κ3) is 3.58. The van der Waals surface area contributed by atoms with Crippen LogP contribution < -0.4 is 15.7 Å². The molecule has 124 valence electrons. The van der Waals surface area contributed by atoms with Gasteiger partial charge in [0.1, 0.15) is 11.3 Å². The van der Waals surface area contributed by atoms with Crippen molar-refractivity contribution in [2.45, 2.75) is 13.2 Å². The third-order valence-corrected chi connectivity index (χ3v) is 3.76. The second kappa shape index (κ2) is 7.19. The Labute approximate surface area is 139 Å². The predicted molar refractivity (Wildman–Crippen MR) is 93.5 cm³/mol. The molecule has 1 aromatic heterocycles. The second-order valence-electron chi connectivity index (χ2n) is 5.44. The first-order valence-electron chi connectivity index (χ1n) is 7.62. The van der Waals surface area contributed by atoms with Gasteiger partial charge in [-0.2, -0.15) is 0 Å². The molecule has 2 aromatic carbocycles. The Morgan fingerprint density at radius 1 is 1.08 bits per heavy atom. The molecule has 0 atom stereocenters. The van der Waals surface area contributed by atoms with Crippen LogP contribution in [0, 0.1) is 0 Å². The van der Waals surface area contributed by atoms with Crippen LogP contribution in [-0.4, -0.2) is 14.2 Å². The van der Waals surface area contributed by atoms with Crippen molar-refractivity contribution in [3.8, 4) is 5.75 Å². The first-order valence-corrected chi connectivity index (χ1v) is 7.62. The number of anilines is 1. The van der Waals surface area contributed by atoms with Crippen LogP contribution in [0.1, 0.15) is 11.1 Å². The topological polar surface area (TPSA) is 60.7 Å². The summed E-state index contributed by atoms with van der Waals surface area (Å²) in [6, 6.07) is 15.0. The Morgan fingerprint density at radius 2 is 1.96 bits per heavy atom. The van der Waals surface area contributed by atoms with Crippen LogP contribution in [0.25, 0.3) is 11.0 Å². The highest BCUT2D eigenvalue weighted by molar-refractivity contribution is 5.81. The Bertz CT molecular complexity index is 901. The van der Waals surface area contributed by atoms with E-state index in [0.29, 0.717) is 24.5 Å². The monoisotopic (exact) mass is 325 g/mol. The van der Waals surface area contributed by atoms with E-state index in [-0.39, 0.29) is 5.63 Å². The fourth-order valence-corrected chi connectivity index (χ4v) is 2.62. The van der Waals surface area contributed by atoms with Crippen molar-refractivity contribution in [1.82, 2.24) is 0 Å². The van der Waals surface area contributed by atoms with Gasteiger partial charge < -0.3 is 19.2 Å². The summed E-state index contributed by atoms with van der Waals surface area (Å²) in [5, 5.41) is 4.23. The van der Waals surface area contributed by atoms with E-state index in [2.05, 4.69) is 5.32 Å². The zero-order valence-corrected chi connectivity index (χ0v) is 13.7. The largest absolute Gasteiger partial charge is 0.497 e. The first-order chi connectivity index (χ1) is 11.7. The quantitative estimate of drug-likeness (QED) is 0.702. The molecule has 1 heterocycles. The minimum Gasteiger partial charge on any atom is -0.497 e. The van der Waals surface area contributed by atoms with Crippen LogP contribution in [0.5, 0.6) is 5.75 Å². The number of benzene rings is 2. The van der Waals surface area contributed by atoms with Gasteiger partial charge in [0.15, 0.2) is 0 Å². The Morgan fingerprint density at radius 3 is 2.75 bits per heavy atom. The SMILES string of the molecule is COCc1cccc(NCc2cc(=O)oc3cc(OC)ccc23)c1. The summed E-state index contributed by atoms with van der Waals surface area (Å²) >= 11 is 0. The van der Waals surface area contributed by atoms with Crippen LogP contribution in [-0.2, 0) is 17.9 Å². The second-order valence-corrected chi connectivity index (χ2v) is 5.44. The molecule has 0 unspecified atom stereocenters. The van der Waals surface area contributed by atoms with Crippen molar-refractivity contribution < 1.29 is 13.9 Å². The van der Waals surface area contributed by atoms with E-state index in [1.54, 1.807) is 20.3 Å². The number of hydrogen-bond acceptors (Lipinski definition) is 5. The summed E-state index contributed by atoms with van der Waals surface area (Å²) in [6.07, 6.45) is 0. The summed E-state index contributed by atoms with van der Waals surface area (Å²) in [5.74, 6) is 0.656. The molecule has 0 saturated heterocycles. The van der Waals surface area contributed by atoms with Crippen LogP contribution in [0.4, 0.5) is 5.69 Å². The lowest BCUT2D eigenvalue weighted by Crippen LogP contribution is -2.06. The lowest BCUT2D eigenvalue weighted by atomic mass is 10.1. The molecule has 5 nitrogen and oxygen atoms in total. The highest BCUT2D eigenvalue weighted by Crippen LogP contribution is 2.23. The maximum atomic E-state index is 11.8. The molecular weight excluding hydrogens is 306 g/mol. The molecule has 0 aliphatic rings. The zero-order valence-electron chi connectivity index (χ0n) is 13.7. The van der Waals surface area contributed by atoms with Crippen LogP contribution in [0.3, 0.4) is 0 Å². The number of ether oxygens (including phenoxy) is 2. The molecule has 3 rings (SSSR count). The van der Waals surface area contributed by atoms with E-state index < -0.39 is 0 Å². The zero-order chi connectivity index (χ0) is 16.9. The van der Waals surface area contributed by atoms with Gasteiger partial charge in [0.25, 0.3) is 0 Å². The normalized spacial score (nSPS) is 10.8. The fourth-order valence-electron chi connectivity index (χ4n) is 2.62. The number of rotatable bonds is 6. The van der Waals surface area contributed by atoms with Gasteiger partial charge in [-0.1, -0.05) is 12.1 Å². The first kappa shape index (κ1) is 16.1. The van der Waals surface area contributed by atoms with E-state index in [4.69, 9.17) is 13.9 Å². The molecule has 3 aromatic rings. The predicted octanol–water partition coefficient (Wildman–Crippen LogP) is 3.56. The number of hydrogen-bond donors (Lipinski definition) is 1. The van der Waals surface area contributed by atoms with E-state index >= 15 is 0 Å². The Balaban J connectivity index is 1.87. The average molecular weight is 325 g/mol. The van der Waals surface area contributed by atoms with E-state index in [9.17, 15) is 4.79 Å². The molecule has 0 aliphatic heterocycles. The van der Waals surface area contributed by atoms with Crippen LogP contribution >= 0.6 is 0 Å². The summed E-state index contributed by atoms with van der Waals surface area (Å²) in [5.41, 5.74) is 3.08. The number of methoxy groups -OCH3 is 2. The highest BCUT2D eigenvalue weighted by Gasteiger charge is 2.07. The van der Waals surface area contributed by atoms with Crippen molar-refractivity contribution in [2.24, 2.45) is 0 Å². The van der Waals surface area contributed by atoms with Gasteiger partial charge in [-0.25, -0.2) is 4.79 Å². The number of fused-ring (bicyclic) bond motifs is 1. The maximum Gasteiger partial charge on any atom is 0.336 e. The van der Waals surface area contributed by atoms with Crippen LogP contribution in [0.2, 0.25) is 0 Å². The van der Waals surface area contributed by atoms with Crippen molar-refractivity contribution >= 4 is 16.7 Å². The van der Waals surface area contributed by atoms with Gasteiger partial charge in [-0.05, 0) is 35.4 Å². The molecule has 5 heteroatoms. The van der Waals surface area contributed by atoms with Crippen molar-refractivity contribution in [3.05, 3.63) is 70.1 Å². The van der Waals surface area contributed by atoms with E-state index in [1.165, 1.54) is 6.07 Å². The maximum absolute atomic E-state index is 11.8. The minimum atomic E-state index is -0.374. The van der Waals surface area contributed by atoms with Crippen molar-refractivity contribution in [3.63, 3.8) is 0 Å². The number of nitrogens with one attached hydrogen (secondary N) is 1. The summed E-state index contributed by atoms with van der Waals surface area (Å²) < 4.78 is 15.6. The minimum absolute atomic E-state index is 0.374. The highest BCUT2D eigenvalue weighted by atomic mass is 16.5. The molecule has 1 N–H and O–H groups in total. The molecule has 0 radical (unpaired) electrons. The summed E-state index contributed by atoms with van der Waals surface area (Å²) in [4.78, 5) is 11.8. The smallest absolute Gasteiger partial charge is 0.336 e. The summed E-state index contributed by atoms with van der Waals surface area (Å²) in [7, 11) is 3.25. The molecule has 0 fully saturated rings. The van der Waals surface area contributed by atoms with Gasteiger partial charge in [0, 0.05) is 36.9 Å². The van der Waals surface area contributed by atoms with Gasteiger partial charge in [-0.3, -0.25) is 0 Å². The standard InChI is InChI=1S/C19H19NO4/c1-22-12-13-4-3-5-15(8-13)20-11-14-9-19(21)24-18-10-16(23-2)6-7-17(14)18/h3-10,20H,11-12H2,1-2H3. The lowest BCUT2D eigenvalue weighted by molar-refractivity contribution is 0.185. The van der Waals surface area contributed by atoms with Crippen molar-refractivity contribution in [1.29, 1.82) is 0 Å². The van der Waals surface area contributed by atoms with Gasteiger partial charge in [-0.15, -0.1) is 0 Å². The molecule has 24 heavy (non-hydrogen) atoms. The Kier molecular flexibility index (Phi) is 4.82. The fraction of sp³-hybridized carbons (Fsp3) is 0.211. The molecule has 0 saturated carbocycles. The van der Waals surface area contributed by atoms with E-state index in [1.807, 2.05) is 36.4 Å². The third-order valence-electron chi connectivity index (χ3n) is 3.76. The molecular formula is C19H19NO4. The van der Waals surface area contributed by atoms with Gasteiger partial charge >= 0.3 is 5.63 Å². The Hall–Kier alpha value is -2.79. The average Bonchev–Trinajstić information content (AvgIpc) is 2.59. The molecule has 0 bridgehead atoms. The van der Waals surface area contributed by atoms with Gasteiger partial charge in [0.05, 0.1) is 13.7 Å². The van der Waals surface area contributed by atoms with Crippen molar-refractivity contribution in [2.75, 3.05) is 19.5 Å². The summed E-state index contributed by atoms with van der Waals surface area (Å²) in [6.45, 7) is 1.08. The van der Waals surface area contributed by atoms with Gasteiger partial charge in [0.2, 0.25) is 0 Å².